The van der Waals surface area contributed by atoms with Gasteiger partial charge in [0, 0.05) is 11.3 Å². The number of hydrogen-bond acceptors (Lipinski definition) is 4. The predicted octanol–water partition coefficient (Wildman–Crippen LogP) is 1.72. The van der Waals surface area contributed by atoms with Crippen molar-refractivity contribution < 1.29 is 0 Å². The Morgan fingerprint density at radius 2 is 2.60 bits per heavy atom. The predicted molar refractivity (Wildman–Crippen MR) is 46.6 cm³/mol. The number of hydrogen-bond donors (Lipinski definition) is 1. The van der Waals surface area contributed by atoms with Crippen LogP contribution < -0.4 is 5.32 Å². The Bertz CT molecular complexity index is 197. The highest BCUT2D eigenvalue weighted by Gasteiger charge is 1.99. The van der Waals surface area contributed by atoms with Crippen molar-refractivity contribution in [2.24, 2.45) is 0 Å². The van der Waals surface area contributed by atoms with Crippen molar-refractivity contribution in [1.29, 1.82) is 0 Å². The van der Waals surface area contributed by atoms with E-state index in [1.807, 2.05) is 7.05 Å². The summed E-state index contributed by atoms with van der Waals surface area (Å²) in [4.78, 5) is 0. The third kappa shape index (κ3) is 1.97. The van der Waals surface area contributed by atoms with E-state index in [0.29, 0.717) is 0 Å². The van der Waals surface area contributed by atoms with Crippen LogP contribution in [0.15, 0.2) is 10.4 Å². The summed E-state index contributed by atoms with van der Waals surface area (Å²) in [7, 11) is 1.94. The number of thioether (sulfide) groups is 1. The molecule has 1 N–H and O–H groups in total. The van der Waals surface area contributed by atoms with Gasteiger partial charge in [-0.15, -0.1) is 0 Å². The number of aromatic nitrogens is 1. The Morgan fingerprint density at radius 1 is 1.80 bits per heavy atom. The van der Waals surface area contributed by atoms with Gasteiger partial charge in [0.15, 0.2) is 0 Å². The average Bonchev–Trinajstić information content (AvgIpc) is 2.31. The van der Waals surface area contributed by atoms with Crippen LogP contribution >= 0.6 is 23.3 Å². The first-order chi connectivity index (χ1) is 4.84. The SMILES string of the molecule is CNCSc1nscc1C. The average molecular weight is 174 g/mol. The molecular weight excluding hydrogens is 164 g/mol. The van der Waals surface area contributed by atoms with Gasteiger partial charge in [-0.25, -0.2) is 0 Å². The highest BCUT2D eigenvalue weighted by atomic mass is 32.2. The molecule has 0 saturated carbocycles. The van der Waals surface area contributed by atoms with Gasteiger partial charge in [-0.2, -0.15) is 4.37 Å². The van der Waals surface area contributed by atoms with Crippen molar-refractivity contribution in [3.05, 3.63) is 10.9 Å². The van der Waals surface area contributed by atoms with Crippen molar-refractivity contribution in [1.82, 2.24) is 9.69 Å². The van der Waals surface area contributed by atoms with E-state index in [4.69, 9.17) is 0 Å². The van der Waals surface area contributed by atoms with Gasteiger partial charge in [-0.05, 0) is 31.1 Å². The molecule has 2 nitrogen and oxygen atoms in total. The zero-order valence-corrected chi connectivity index (χ0v) is 7.68. The summed E-state index contributed by atoms with van der Waals surface area (Å²) in [5.74, 6) is 0.935. The number of nitrogens with one attached hydrogen (secondary N) is 1. The molecule has 0 bridgehead atoms. The van der Waals surface area contributed by atoms with Gasteiger partial charge in [0.05, 0.1) is 0 Å². The molecule has 0 aliphatic carbocycles. The smallest absolute Gasteiger partial charge is 0.114 e. The van der Waals surface area contributed by atoms with Gasteiger partial charge in [-0.1, -0.05) is 11.8 Å². The lowest BCUT2D eigenvalue weighted by atomic mass is 10.4. The fourth-order valence-electron chi connectivity index (χ4n) is 0.556. The fourth-order valence-corrected chi connectivity index (χ4v) is 2.10. The molecule has 0 atom stereocenters. The van der Waals surface area contributed by atoms with E-state index in [1.165, 1.54) is 17.1 Å². The highest BCUT2D eigenvalue weighted by molar-refractivity contribution is 7.99. The van der Waals surface area contributed by atoms with Crippen LogP contribution in [0.25, 0.3) is 0 Å². The molecule has 0 radical (unpaired) electrons. The van der Waals surface area contributed by atoms with E-state index in [9.17, 15) is 0 Å². The van der Waals surface area contributed by atoms with Crippen LogP contribution in [-0.4, -0.2) is 17.3 Å². The van der Waals surface area contributed by atoms with Crippen LogP contribution in [0.1, 0.15) is 5.56 Å². The third-order valence-corrected chi connectivity index (χ3v) is 3.04. The highest BCUT2D eigenvalue weighted by Crippen LogP contribution is 2.20. The van der Waals surface area contributed by atoms with E-state index in [1.54, 1.807) is 11.8 Å². The van der Waals surface area contributed by atoms with Crippen molar-refractivity contribution in [2.45, 2.75) is 11.9 Å². The molecule has 1 aromatic heterocycles. The minimum absolute atomic E-state index is 0.935. The molecule has 0 aromatic carbocycles. The molecule has 0 amide bonds. The van der Waals surface area contributed by atoms with E-state index < -0.39 is 0 Å². The summed E-state index contributed by atoms with van der Waals surface area (Å²) in [5, 5.41) is 6.28. The molecular formula is C6H10N2S2. The van der Waals surface area contributed by atoms with Crippen LogP contribution in [0.2, 0.25) is 0 Å². The minimum atomic E-state index is 0.935. The van der Waals surface area contributed by atoms with Gasteiger partial charge in [0.2, 0.25) is 0 Å². The first-order valence-electron chi connectivity index (χ1n) is 3.03. The normalized spacial score (nSPS) is 10.2. The first-order valence-corrected chi connectivity index (χ1v) is 4.85. The van der Waals surface area contributed by atoms with E-state index in [0.717, 1.165) is 10.9 Å². The molecule has 0 aliphatic rings. The maximum atomic E-state index is 4.22. The molecule has 0 saturated heterocycles. The fraction of sp³-hybridized carbons (Fsp3) is 0.500. The Labute approximate surface area is 69.2 Å². The first kappa shape index (κ1) is 8.04. The molecule has 0 aliphatic heterocycles. The summed E-state index contributed by atoms with van der Waals surface area (Å²) in [6, 6.07) is 0. The molecule has 0 unspecified atom stereocenters. The second kappa shape index (κ2) is 3.95. The molecule has 4 heteroatoms. The zero-order valence-electron chi connectivity index (χ0n) is 6.05. The van der Waals surface area contributed by atoms with E-state index in [2.05, 4.69) is 22.0 Å². The Morgan fingerprint density at radius 3 is 3.10 bits per heavy atom. The number of nitrogens with zero attached hydrogens (tertiary/aromatic N) is 1. The Hall–Kier alpha value is -0.0600. The number of rotatable bonds is 3. The third-order valence-electron chi connectivity index (χ3n) is 1.06. The maximum Gasteiger partial charge on any atom is 0.114 e. The Kier molecular flexibility index (Phi) is 3.18. The minimum Gasteiger partial charge on any atom is -0.311 e. The Balaban J connectivity index is 2.49. The van der Waals surface area contributed by atoms with Gasteiger partial charge in [0.1, 0.15) is 5.03 Å². The molecule has 1 heterocycles. The summed E-state index contributed by atoms with van der Waals surface area (Å²) in [6.45, 7) is 2.08. The molecule has 0 fully saturated rings. The van der Waals surface area contributed by atoms with Crippen molar-refractivity contribution in [2.75, 3.05) is 12.9 Å². The molecule has 56 valence electrons. The summed E-state index contributed by atoms with van der Waals surface area (Å²) in [5.41, 5.74) is 1.28. The number of aryl methyl sites for hydroxylation is 1. The van der Waals surface area contributed by atoms with Crippen molar-refractivity contribution in [3.63, 3.8) is 0 Å². The lowest BCUT2D eigenvalue weighted by molar-refractivity contribution is 0.978. The zero-order chi connectivity index (χ0) is 7.40. The quantitative estimate of drug-likeness (QED) is 0.558. The van der Waals surface area contributed by atoms with Gasteiger partial charge >= 0.3 is 0 Å². The summed E-state index contributed by atoms with van der Waals surface area (Å²) in [6.07, 6.45) is 0. The van der Waals surface area contributed by atoms with Crippen LogP contribution in [0.3, 0.4) is 0 Å². The van der Waals surface area contributed by atoms with Crippen molar-refractivity contribution in [3.8, 4) is 0 Å². The second-order valence-corrected chi connectivity index (χ2v) is 3.54. The van der Waals surface area contributed by atoms with Gasteiger partial charge < -0.3 is 5.32 Å². The van der Waals surface area contributed by atoms with E-state index in [-0.39, 0.29) is 0 Å². The molecule has 0 spiro atoms. The van der Waals surface area contributed by atoms with Crippen LogP contribution in [0.4, 0.5) is 0 Å². The van der Waals surface area contributed by atoms with Crippen LogP contribution in [0, 0.1) is 6.92 Å². The molecule has 1 aromatic rings. The standard InChI is InChI=1S/C6H10N2S2/c1-5-3-10-8-6(5)9-4-7-2/h3,7H,4H2,1-2H3. The summed E-state index contributed by atoms with van der Waals surface area (Å²) < 4.78 is 4.22. The second-order valence-electron chi connectivity index (χ2n) is 1.94. The molecule has 1 rings (SSSR count). The maximum absolute atomic E-state index is 4.22. The van der Waals surface area contributed by atoms with Crippen molar-refractivity contribution >= 4 is 23.3 Å². The van der Waals surface area contributed by atoms with Crippen LogP contribution in [0.5, 0.6) is 0 Å². The lowest BCUT2D eigenvalue weighted by Gasteiger charge is -1.95. The summed E-state index contributed by atoms with van der Waals surface area (Å²) >= 11 is 3.26. The van der Waals surface area contributed by atoms with Gasteiger partial charge in [0.25, 0.3) is 0 Å². The largest absolute Gasteiger partial charge is 0.311 e. The van der Waals surface area contributed by atoms with E-state index >= 15 is 0 Å². The molecule has 10 heavy (non-hydrogen) atoms. The lowest BCUT2D eigenvalue weighted by Crippen LogP contribution is -2.03. The monoisotopic (exact) mass is 174 g/mol. The van der Waals surface area contributed by atoms with Crippen LogP contribution in [-0.2, 0) is 0 Å². The topological polar surface area (TPSA) is 24.9 Å². The van der Waals surface area contributed by atoms with Gasteiger partial charge in [-0.3, -0.25) is 0 Å².